The molecule has 2 aromatic rings. The van der Waals surface area contributed by atoms with Crippen LogP contribution in [-0.4, -0.2) is 48.3 Å². The molecule has 3 heterocycles. The summed E-state index contributed by atoms with van der Waals surface area (Å²) in [5.74, 6) is 1.38. The van der Waals surface area contributed by atoms with E-state index in [9.17, 15) is 8.42 Å². The summed E-state index contributed by atoms with van der Waals surface area (Å²) in [5, 5.41) is 6.81. The highest BCUT2D eigenvalue weighted by atomic mass is 32.2. The highest BCUT2D eigenvalue weighted by Gasteiger charge is 2.24. The van der Waals surface area contributed by atoms with E-state index in [2.05, 4.69) is 15.5 Å². The first-order chi connectivity index (χ1) is 10.6. The molecule has 0 atom stereocenters. The smallest absolute Gasteiger partial charge is 0.241 e. The Labute approximate surface area is 128 Å². The maximum Gasteiger partial charge on any atom is 0.241 e. The van der Waals surface area contributed by atoms with Gasteiger partial charge in [0.15, 0.2) is 5.76 Å². The molecule has 1 saturated heterocycles. The van der Waals surface area contributed by atoms with Crippen LogP contribution in [0, 0.1) is 0 Å². The van der Waals surface area contributed by atoms with Gasteiger partial charge < -0.3 is 14.3 Å². The second kappa shape index (κ2) is 6.59. The summed E-state index contributed by atoms with van der Waals surface area (Å²) in [4.78, 5) is 4.17. The van der Waals surface area contributed by atoms with E-state index in [0.717, 1.165) is 12.8 Å². The molecule has 0 aliphatic carbocycles. The molecule has 1 N–H and O–H groups in total. The minimum Gasteiger partial charge on any atom is -0.461 e. The van der Waals surface area contributed by atoms with Crippen LogP contribution in [0.5, 0.6) is 0 Å². The Bertz CT molecular complexity index is 689. The fourth-order valence-corrected chi connectivity index (χ4v) is 3.80. The van der Waals surface area contributed by atoms with Gasteiger partial charge >= 0.3 is 0 Å². The zero-order valence-electron chi connectivity index (χ0n) is 12.1. The van der Waals surface area contributed by atoms with Crippen molar-refractivity contribution in [3.8, 4) is 11.6 Å². The van der Waals surface area contributed by atoms with Crippen LogP contribution in [0.1, 0.15) is 18.7 Å². The Morgan fingerprint density at radius 1 is 1.32 bits per heavy atom. The maximum atomic E-state index is 12.0. The van der Waals surface area contributed by atoms with Gasteiger partial charge in [-0.05, 0) is 25.0 Å². The van der Waals surface area contributed by atoms with Gasteiger partial charge in [-0.25, -0.2) is 12.7 Å². The van der Waals surface area contributed by atoms with E-state index in [-0.39, 0.29) is 5.75 Å². The summed E-state index contributed by atoms with van der Waals surface area (Å²) in [7, 11) is -3.16. The topological polar surface area (TPSA) is 101 Å². The molecular weight excluding hydrogens is 308 g/mol. The predicted octanol–water partition coefficient (Wildman–Crippen LogP) is 0.845. The van der Waals surface area contributed by atoms with Crippen LogP contribution in [0.3, 0.4) is 0 Å². The minimum atomic E-state index is -3.16. The molecule has 8 nitrogen and oxygen atoms in total. The van der Waals surface area contributed by atoms with Crippen molar-refractivity contribution in [1.82, 2.24) is 19.8 Å². The molecule has 0 aromatic carbocycles. The number of nitrogens with zero attached hydrogens (tertiary/aromatic N) is 3. The Morgan fingerprint density at radius 3 is 2.86 bits per heavy atom. The summed E-state index contributed by atoms with van der Waals surface area (Å²) in [6.45, 7) is 1.94. The molecule has 0 unspecified atom stereocenters. The molecule has 2 aromatic heterocycles. The first-order valence-electron chi connectivity index (χ1n) is 7.20. The Hall–Kier alpha value is -1.71. The average molecular weight is 326 g/mol. The lowest BCUT2D eigenvalue weighted by Crippen LogP contribution is -2.34. The van der Waals surface area contributed by atoms with E-state index < -0.39 is 10.0 Å². The van der Waals surface area contributed by atoms with E-state index in [1.807, 2.05) is 0 Å². The van der Waals surface area contributed by atoms with E-state index in [1.165, 1.54) is 6.26 Å². The Balaban J connectivity index is 1.45. The summed E-state index contributed by atoms with van der Waals surface area (Å²) < 4.78 is 35.9. The van der Waals surface area contributed by atoms with E-state index in [1.54, 1.807) is 16.4 Å². The van der Waals surface area contributed by atoms with Gasteiger partial charge in [0.1, 0.15) is 0 Å². The number of furan rings is 1. The second-order valence-corrected chi connectivity index (χ2v) is 7.18. The predicted molar refractivity (Wildman–Crippen MR) is 78.3 cm³/mol. The van der Waals surface area contributed by atoms with Gasteiger partial charge in [0.25, 0.3) is 0 Å². The first kappa shape index (κ1) is 15.2. The highest BCUT2D eigenvalue weighted by Crippen LogP contribution is 2.15. The molecule has 0 amide bonds. The zero-order chi connectivity index (χ0) is 15.4. The van der Waals surface area contributed by atoms with Crippen molar-refractivity contribution in [2.24, 2.45) is 0 Å². The summed E-state index contributed by atoms with van der Waals surface area (Å²) in [6.07, 6.45) is 3.43. The van der Waals surface area contributed by atoms with Crippen LogP contribution < -0.4 is 5.32 Å². The third-order valence-electron chi connectivity index (χ3n) is 3.48. The maximum absolute atomic E-state index is 12.0. The molecule has 1 fully saturated rings. The monoisotopic (exact) mass is 326 g/mol. The number of sulfonamides is 1. The number of rotatable bonds is 7. The van der Waals surface area contributed by atoms with Crippen LogP contribution in [0.2, 0.25) is 0 Å². The molecule has 120 valence electrons. The molecule has 3 rings (SSSR count). The highest BCUT2D eigenvalue weighted by molar-refractivity contribution is 7.89. The summed E-state index contributed by atoms with van der Waals surface area (Å²) >= 11 is 0. The SMILES string of the molecule is O=S(=O)(CCNCc1nc(-c2ccco2)no1)N1CCCC1. The number of aromatic nitrogens is 2. The zero-order valence-corrected chi connectivity index (χ0v) is 12.9. The largest absolute Gasteiger partial charge is 0.461 e. The number of hydrogen-bond acceptors (Lipinski definition) is 7. The molecule has 0 spiro atoms. The van der Waals surface area contributed by atoms with Gasteiger partial charge in [-0.3, -0.25) is 0 Å². The fraction of sp³-hybridized carbons (Fsp3) is 0.538. The van der Waals surface area contributed by atoms with Crippen LogP contribution in [-0.2, 0) is 16.6 Å². The van der Waals surface area contributed by atoms with Gasteiger partial charge in [0, 0.05) is 19.6 Å². The van der Waals surface area contributed by atoms with Crippen molar-refractivity contribution < 1.29 is 17.4 Å². The van der Waals surface area contributed by atoms with Crippen molar-refractivity contribution >= 4 is 10.0 Å². The van der Waals surface area contributed by atoms with Gasteiger partial charge in [0.2, 0.25) is 21.7 Å². The summed E-state index contributed by atoms with van der Waals surface area (Å²) in [5.41, 5.74) is 0. The lowest BCUT2D eigenvalue weighted by Gasteiger charge is -2.15. The second-order valence-electron chi connectivity index (χ2n) is 5.09. The minimum absolute atomic E-state index is 0.0756. The normalized spacial score (nSPS) is 16.4. The standard InChI is InChI=1S/C13H18N4O4S/c18-22(19,17-6-1-2-7-17)9-5-14-10-12-15-13(16-21-12)11-4-3-8-20-11/h3-4,8,14H,1-2,5-7,9-10H2. The molecule has 0 radical (unpaired) electrons. The quantitative estimate of drug-likeness (QED) is 0.752. The van der Waals surface area contributed by atoms with E-state index in [0.29, 0.717) is 43.7 Å². The molecule has 1 aliphatic heterocycles. The van der Waals surface area contributed by atoms with Crippen LogP contribution in [0.4, 0.5) is 0 Å². The first-order valence-corrected chi connectivity index (χ1v) is 8.81. The average Bonchev–Trinajstić information content (AvgIpc) is 3.25. The van der Waals surface area contributed by atoms with Crippen molar-refractivity contribution in [2.75, 3.05) is 25.4 Å². The molecule has 22 heavy (non-hydrogen) atoms. The molecule has 0 bridgehead atoms. The van der Waals surface area contributed by atoms with Crippen molar-refractivity contribution in [2.45, 2.75) is 19.4 Å². The Kier molecular flexibility index (Phi) is 4.55. The summed E-state index contributed by atoms with van der Waals surface area (Å²) in [6, 6.07) is 3.48. The van der Waals surface area contributed by atoms with Gasteiger partial charge in [0.05, 0.1) is 18.6 Å². The van der Waals surface area contributed by atoms with Gasteiger partial charge in [-0.15, -0.1) is 0 Å². The third kappa shape index (κ3) is 3.54. The van der Waals surface area contributed by atoms with Crippen LogP contribution in [0.25, 0.3) is 11.6 Å². The van der Waals surface area contributed by atoms with Crippen molar-refractivity contribution in [3.05, 3.63) is 24.3 Å². The molecule has 1 aliphatic rings. The number of nitrogens with one attached hydrogen (secondary N) is 1. The van der Waals surface area contributed by atoms with Crippen LogP contribution in [0.15, 0.2) is 27.3 Å². The number of hydrogen-bond donors (Lipinski definition) is 1. The van der Waals surface area contributed by atoms with Crippen molar-refractivity contribution in [1.29, 1.82) is 0 Å². The van der Waals surface area contributed by atoms with E-state index in [4.69, 9.17) is 8.94 Å². The molecule has 0 saturated carbocycles. The van der Waals surface area contributed by atoms with Gasteiger partial charge in [-0.2, -0.15) is 4.98 Å². The van der Waals surface area contributed by atoms with Gasteiger partial charge in [-0.1, -0.05) is 5.16 Å². The lowest BCUT2D eigenvalue weighted by molar-refractivity contribution is 0.368. The molecule has 9 heteroatoms. The lowest BCUT2D eigenvalue weighted by atomic mass is 10.4. The molecular formula is C13H18N4O4S. The Morgan fingerprint density at radius 2 is 2.14 bits per heavy atom. The van der Waals surface area contributed by atoms with Crippen molar-refractivity contribution in [3.63, 3.8) is 0 Å². The van der Waals surface area contributed by atoms with E-state index >= 15 is 0 Å². The van der Waals surface area contributed by atoms with Crippen LogP contribution >= 0.6 is 0 Å². The fourth-order valence-electron chi connectivity index (χ4n) is 2.32. The third-order valence-corrected chi connectivity index (χ3v) is 5.35.